The maximum Gasteiger partial charge on any atom is 0.328 e. The van der Waals surface area contributed by atoms with E-state index in [1.807, 2.05) is 23.1 Å². The molecule has 1 aliphatic heterocycles. The van der Waals surface area contributed by atoms with Crippen LogP contribution in [0.1, 0.15) is 68.3 Å². The summed E-state index contributed by atoms with van der Waals surface area (Å²) >= 11 is 0. The number of carbonyl (C=O) groups is 3. The Hall–Kier alpha value is -2.37. The number of fused-ring (bicyclic) bond motifs is 1. The molecule has 1 aromatic carbocycles. The minimum absolute atomic E-state index is 0.0104. The van der Waals surface area contributed by atoms with Gasteiger partial charge in [0.05, 0.1) is 18.6 Å². The van der Waals surface area contributed by atoms with Gasteiger partial charge in [0, 0.05) is 12.1 Å². The van der Waals surface area contributed by atoms with Crippen LogP contribution in [0.2, 0.25) is 0 Å². The monoisotopic (exact) mass is 386 g/mol. The van der Waals surface area contributed by atoms with Crippen molar-refractivity contribution < 1.29 is 19.1 Å². The number of rotatable bonds is 5. The topological polar surface area (TPSA) is 75.7 Å². The van der Waals surface area contributed by atoms with E-state index in [2.05, 4.69) is 19.2 Å². The number of amides is 2. The Morgan fingerprint density at radius 3 is 2.46 bits per heavy atom. The Morgan fingerprint density at radius 2 is 1.86 bits per heavy atom. The van der Waals surface area contributed by atoms with Crippen molar-refractivity contribution in [1.29, 1.82) is 0 Å². The molecule has 1 spiro atoms. The van der Waals surface area contributed by atoms with Crippen LogP contribution in [0, 0.1) is 5.92 Å². The molecule has 0 unspecified atom stereocenters. The highest BCUT2D eigenvalue weighted by molar-refractivity contribution is 6.02. The second kappa shape index (κ2) is 7.94. The minimum atomic E-state index is -0.737. The molecule has 2 atom stereocenters. The molecule has 0 bridgehead atoms. The molecule has 152 valence electrons. The van der Waals surface area contributed by atoms with Gasteiger partial charge in [-0.1, -0.05) is 44.9 Å². The number of nitrogens with one attached hydrogen (secondary N) is 1. The minimum Gasteiger partial charge on any atom is -0.467 e. The molecule has 0 aromatic heterocycles. The van der Waals surface area contributed by atoms with Gasteiger partial charge in [-0.15, -0.1) is 0 Å². The molecule has 6 nitrogen and oxygen atoms in total. The average Bonchev–Trinajstić information content (AvgIpc) is 3.14. The van der Waals surface area contributed by atoms with Gasteiger partial charge in [-0.25, -0.2) is 4.79 Å². The average molecular weight is 386 g/mol. The van der Waals surface area contributed by atoms with E-state index in [1.165, 1.54) is 7.11 Å². The molecular weight excluding hydrogens is 356 g/mol. The second-order valence-corrected chi connectivity index (χ2v) is 8.39. The van der Waals surface area contributed by atoms with E-state index in [9.17, 15) is 14.4 Å². The van der Waals surface area contributed by atoms with Gasteiger partial charge in [0.1, 0.15) is 6.04 Å². The molecule has 1 N–H and O–H groups in total. The zero-order chi connectivity index (χ0) is 20.5. The summed E-state index contributed by atoms with van der Waals surface area (Å²) in [4.78, 5) is 40.6. The molecule has 1 fully saturated rings. The molecule has 2 amide bonds. The van der Waals surface area contributed by atoms with Crippen LogP contribution in [0.4, 0.5) is 0 Å². The largest absolute Gasteiger partial charge is 0.467 e. The van der Waals surface area contributed by atoms with E-state index in [4.69, 9.17) is 4.74 Å². The Labute approximate surface area is 166 Å². The molecule has 0 saturated heterocycles. The molecule has 3 rings (SSSR count). The lowest BCUT2D eigenvalue weighted by atomic mass is 9.70. The molecule has 2 aliphatic rings. The van der Waals surface area contributed by atoms with Gasteiger partial charge in [-0.05, 0) is 37.3 Å². The Balaban J connectivity index is 2.08. The maximum absolute atomic E-state index is 13.4. The fourth-order valence-electron chi connectivity index (χ4n) is 4.83. The summed E-state index contributed by atoms with van der Waals surface area (Å²) < 4.78 is 4.76. The number of esters is 1. The second-order valence-electron chi connectivity index (χ2n) is 8.39. The molecule has 1 heterocycles. The van der Waals surface area contributed by atoms with Crippen LogP contribution in [0.15, 0.2) is 24.3 Å². The summed E-state index contributed by atoms with van der Waals surface area (Å²) in [6.45, 7) is 6.41. The summed E-state index contributed by atoms with van der Waals surface area (Å²) in [5, 5.41) is 2.83. The summed E-state index contributed by atoms with van der Waals surface area (Å²) in [6, 6.07) is 6.66. The van der Waals surface area contributed by atoms with Gasteiger partial charge in [-0.3, -0.25) is 9.59 Å². The third kappa shape index (κ3) is 3.40. The SMILES string of the molecule is COC(=O)[C@@H](C)NC(=O)[C@@H]1c2ccccc2C(=O)N(CC(C)C)C12CCCC2. The van der Waals surface area contributed by atoms with E-state index in [-0.39, 0.29) is 11.8 Å². The van der Waals surface area contributed by atoms with Gasteiger partial charge >= 0.3 is 5.97 Å². The molecule has 28 heavy (non-hydrogen) atoms. The van der Waals surface area contributed by atoms with Crippen molar-refractivity contribution in [1.82, 2.24) is 10.2 Å². The van der Waals surface area contributed by atoms with Gasteiger partial charge in [-0.2, -0.15) is 0 Å². The first-order chi connectivity index (χ1) is 13.3. The zero-order valence-electron chi connectivity index (χ0n) is 17.2. The number of ether oxygens (including phenoxy) is 1. The van der Waals surface area contributed by atoms with Crippen LogP contribution >= 0.6 is 0 Å². The number of methoxy groups -OCH3 is 1. The Bertz CT molecular complexity index is 768. The third-order valence-corrected chi connectivity index (χ3v) is 6.02. The van der Waals surface area contributed by atoms with Crippen LogP contribution in [0.5, 0.6) is 0 Å². The molecule has 0 radical (unpaired) electrons. The van der Waals surface area contributed by atoms with E-state index in [1.54, 1.807) is 13.0 Å². The van der Waals surface area contributed by atoms with Gasteiger partial charge in [0.2, 0.25) is 5.91 Å². The highest BCUT2D eigenvalue weighted by Crippen LogP contribution is 2.50. The fourth-order valence-corrected chi connectivity index (χ4v) is 4.83. The predicted molar refractivity (Wildman–Crippen MR) is 106 cm³/mol. The summed E-state index contributed by atoms with van der Waals surface area (Å²) in [5.74, 6) is -0.878. The van der Waals surface area contributed by atoms with Crippen molar-refractivity contribution in [2.75, 3.05) is 13.7 Å². The molecular formula is C22H30N2O4. The summed E-state index contributed by atoms with van der Waals surface area (Å²) in [7, 11) is 1.31. The van der Waals surface area contributed by atoms with Gasteiger partial charge < -0.3 is 15.0 Å². The first-order valence-electron chi connectivity index (χ1n) is 10.1. The van der Waals surface area contributed by atoms with Crippen molar-refractivity contribution in [3.63, 3.8) is 0 Å². The van der Waals surface area contributed by atoms with E-state index in [0.717, 1.165) is 31.2 Å². The van der Waals surface area contributed by atoms with Crippen molar-refractivity contribution in [2.24, 2.45) is 5.92 Å². The van der Waals surface area contributed by atoms with Crippen LogP contribution in [0.3, 0.4) is 0 Å². The normalized spacial score (nSPS) is 21.5. The van der Waals surface area contributed by atoms with E-state index >= 15 is 0 Å². The predicted octanol–water partition coefficient (Wildman–Crippen LogP) is 2.87. The van der Waals surface area contributed by atoms with Gasteiger partial charge in [0.15, 0.2) is 0 Å². The van der Waals surface area contributed by atoms with Crippen molar-refractivity contribution >= 4 is 17.8 Å². The lowest BCUT2D eigenvalue weighted by molar-refractivity contribution is -0.145. The highest BCUT2D eigenvalue weighted by atomic mass is 16.5. The third-order valence-electron chi connectivity index (χ3n) is 6.02. The number of benzene rings is 1. The van der Waals surface area contributed by atoms with E-state index in [0.29, 0.717) is 18.0 Å². The van der Waals surface area contributed by atoms with Crippen molar-refractivity contribution in [2.45, 2.75) is 64.0 Å². The lowest BCUT2D eigenvalue weighted by Gasteiger charge is -2.50. The van der Waals surface area contributed by atoms with Crippen molar-refractivity contribution in [3.05, 3.63) is 35.4 Å². The summed E-state index contributed by atoms with van der Waals surface area (Å²) in [6.07, 6.45) is 3.57. The quantitative estimate of drug-likeness (QED) is 0.790. The highest BCUT2D eigenvalue weighted by Gasteiger charge is 2.55. The lowest BCUT2D eigenvalue weighted by Crippen LogP contribution is -2.62. The first-order valence-corrected chi connectivity index (χ1v) is 10.1. The van der Waals surface area contributed by atoms with Crippen LogP contribution in [0.25, 0.3) is 0 Å². The number of carbonyl (C=O) groups excluding carboxylic acids is 3. The van der Waals surface area contributed by atoms with E-state index < -0.39 is 23.5 Å². The number of hydrogen-bond donors (Lipinski definition) is 1. The molecule has 1 aromatic rings. The van der Waals surface area contributed by atoms with Crippen LogP contribution in [-0.4, -0.2) is 47.9 Å². The zero-order valence-corrected chi connectivity index (χ0v) is 17.2. The van der Waals surface area contributed by atoms with Crippen molar-refractivity contribution in [3.8, 4) is 0 Å². The first kappa shape index (κ1) is 20.4. The number of hydrogen-bond acceptors (Lipinski definition) is 4. The van der Waals surface area contributed by atoms with Crippen LogP contribution < -0.4 is 5.32 Å². The molecule has 1 aliphatic carbocycles. The smallest absolute Gasteiger partial charge is 0.328 e. The molecule has 1 saturated carbocycles. The Kier molecular flexibility index (Phi) is 5.77. The molecule has 6 heteroatoms. The fraction of sp³-hybridized carbons (Fsp3) is 0.591. The Morgan fingerprint density at radius 1 is 1.21 bits per heavy atom. The van der Waals surface area contributed by atoms with Crippen LogP contribution in [-0.2, 0) is 14.3 Å². The maximum atomic E-state index is 13.4. The standard InChI is InChI=1S/C22H30N2O4/c1-14(2)13-24-20(26)17-10-6-5-9-16(17)18(22(24)11-7-8-12-22)19(25)23-15(3)21(27)28-4/h5-6,9-10,14-15,18H,7-8,11-13H2,1-4H3,(H,23,25)/t15-,18+/m1/s1. The summed E-state index contributed by atoms with van der Waals surface area (Å²) in [5.41, 5.74) is 0.825. The van der Waals surface area contributed by atoms with Gasteiger partial charge in [0.25, 0.3) is 5.91 Å². The number of nitrogens with zero attached hydrogens (tertiary/aromatic N) is 1.